The first kappa shape index (κ1) is 38.1. The van der Waals surface area contributed by atoms with Crippen molar-refractivity contribution in [3.8, 4) is 11.5 Å². The molecule has 17 heteroatoms. The lowest BCUT2D eigenvalue weighted by Crippen LogP contribution is -2.36. The Hall–Kier alpha value is -7.16. The third-order valence-corrected chi connectivity index (χ3v) is 11.8. The molecule has 13 nitrogen and oxygen atoms in total. The van der Waals surface area contributed by atoms with Gasteiger partial charge in [-0.3, -0.25) is 38.4 Å². The van der Waals surface area contributed by atoms with Gasteiger partial charge in [0, 0.05) is 0 Å². The molecule has 10 rings (SSSR count). The van der Waals surface area contributed by atoms with Crippen molar-refractivity contribution >= 4 is 116 Å². The molecule has 0 unspecified atom stereocenters. The van der Waals surface area contributed by atoms with Gasteiger partial charge in [-0.05, 0) is 72.8 Å². The van der Waals surface area contributed by atoms with E-state index >= 15 is 0 Å². The molecule has 0 radical (unpaired) electrons. The van der Waals surface area contributed by atoms with E-state index in [1.54, 1.807) is 0 Å². The summed E-state index contributed by atoms with van der Waals surface area (Å²) in [5.41, 5.74) is -2.36. The summed E-state index contributed by atoms with van der Waals surface area (Å²) in [6.45, 7) is 0. The first-order valence-electron chi connectivity index (χ1n) is 17.9. The molecule has 6 aromatic carbocycles. The van der Waals surface area contributed by atoms with Crippen LogP contribution in [0.5, 0.6) is 11.5 Å². The fourth-order valence-corrected chi connectivity index (χ4v) is 8.96. The lowest BCUT2D eigenvalue weighted by Gasteiger charge is -2.28. The zero-order chi connectivity index (χ0) is 42.8. The van der Waals surface area contributed by atoms with Gasteiger partial charge < -0.3 is 4.74 Å². The van der Waals surface area contributed by atoms with Gasteiger partial charge >= 0.3 is 0 Å². The molecule has 0 aromatic heterocycles. The van der Waals surface area contributed by atoms with Crippen LogP contribution in [0.4, 0.5) is 22.7 Å². The Bertz CT molecular complexity index is 2960. The number of halogens is 4. The summed E-state index contributed by atoms with van der Waals surface area (Å²) >= 11 is 25.7. The molecule has 6 aromatic rings. The lowest BCUT2D eigenvalue weighted by atomic mass is 10.1. The lowest BCUT2D eigenvalue weighted by molar-refractivity contribution is 0.0902. The maximum atomic E-state index is 14.3. The zero-order valence-electron chi connectivity index (χ0n) is 30.4. The molecule has 4 aliphatic heterocycles. The fraction of sp³-hybridized carbons (Fsp3) is 0. The SMILES string of the molecule is O=C1c2cccc(Cl)c2C(=O)N1c1cccc(Oc2cccc(N3C(=O)c4cccc(Cl)c4C3=O)c2N2C(=O)c3cccc(Cl)c3C2=O)c1N1C(=O)c2cccc(Cl)c2C1=O. The van der Waals surface area contributed by atoms with Gasteiger partial charge in [0.15, 0.2) is 11.5 Å². The van der Waals surface area contributed by atoms with Crippen LogP contribution in [0.15, 0.2) is 109 Å². The summed E-state index contributed by atoms with van der Waals surface area (Å²) in [6.07, 6.45) is 0. The molecule has 0 saturated heterocycles. The zero-order valence-corrected chi connectivity index (χ0v) is 33.4. The first-order valence-corrected chi connectivity index (χ1v) is 19.5. The van der Waals surface area contributed by atoms with Gasteiger partial charge in [-0.2, -0.15) is 0 Å². The number of para-hydroxylation sites is 2. The Morgan fingerprint density at radius 3 is 0.869 bits per heavy atom. The second-order valence-corrected chi connectivity index (χ2v) is 15.4. The highest BCUT2D eigenvalue weighted by molar-refractivity contribution is 6.47. The van der Waals surface area contributed by atoms with Gasteiger partial charge in [0.25, 0.3) is 47.3 Å². The summed E-state index contributed by atoms with van der Waals surface area (Å²) < 4.78 is 6.55. The minimum Gasteiger partial charge on any atom is -0.453 e. The number of benzene rings is 6. The third kappa shape index (κ3) is 5.28. The van der Waals surface area contributed by atoms with E-state index in [9.17, 15) is 38.4 Å². The van der Waals surface area contributed by atoms with Crippen molar-refractivity contribution in [2.45, 2.75) is 0 Å². The van der Waals surface area contributed by atoms with Crippen LogP contribution in [-0.4, -0.2) is 47.3 Å². The Balaban J connectivity index is 1.20. The molecule has 4 heterocycles. The number of fused-ring (bicyclic) bond motifs is 4. The second-order valence-electron chi connectivity index (χ2n) is 13.8. The molecule has 4 aliphatic rings. The molecule has 0 fully saturated rings. The van der Waals surface area contributed by atoms with Gasteiger partial charge in [-0.15, -0.1) is 0 Å². The van der Waals surface area contributed by atoms with Gasteiger partial charge in [0.1, 0.15) is 11.4 Å². The molecular formula is C44H18Cl4N4O9. The average Bonchev–Trinajstić information content (AvgIpc) is 3.85. The van der Waals surface area contributed by atoms with E-state index in [1.807, 2.05) is 0 Å². The number of hydrogen-bond donors (Lipinski definition) is 0. The van der Waals surface area contributed by atoms with Crippen molar-refractivity contribution in [1.29, 1.82) is 0 Å². The van der Waals surface area contributed by atoms with Crippen LogP contribution in [0, 0.1) is 0 Å². The van der Waals surface area contributed by atoms with Gasteiger partial charge in [-0.25, -0.2) is 19.6 Å². The smallest absolute Gasteiger partial charge is 0.267 e. The monoisotopic (exact) mass is 886 g/mol. The number of ether oxygens (including phenoxy) is 1. The summed E-state index contributed by atoms with van der Waals surface area (Å²) in [5, 5.41) is -0.189. The highest BCUT2D eigenvalue weighted by atomic mass is 35.5. The third-order valence-electron chi connectivity index (χ3n) is 10.6. The topological polar surface area (TPSA) is 159 Å². The number of hydrogen-bond acceptors (Lipinski definition) is 9. The molecule has 296 valence electrons. The van der Waals surface area contributed by atoms with Crippen LogP contribution in [-0.2, 0) is 0 Å². The molecule has 0 bridgehead atoms. The number of imide groups is 4. The van der Waals surface area contributed by atoms with E-state index in [0.29, 0.717) is 9.80 Å². The van der Waals surface area contributed by atoms with Crippen LogP contribution in [0.1, 0.15) is 82.9 Å². The fourth-order valence-electron chi connectivity index (χ4n) is 7.94. The van der Waals surface area contributed by atoms with E-state index < -0.39 is 58.6 Å². The summed E-state index contributed by atoms with van der Waals surface area (Å²) in [5.74, 6) is -7.87. The maximum Gasteiger partial charge on any atom is 0.267 e. The minimum atomic E-state index is -0.940. The largest absolute Gasteiger partial charge is 0.453 e. The Labute approximate surface area is 362 Å². The molecule has 0 aliphatic carbocycles. The number of carbonyl (C=O) groups excluding carboxylic acids is 8. The van der Waals surface area contributed by atoms with Gasteiger partial charge in [0.2, 0.25) is 0 Å². The second kappa shape index (κ2) is 13.7. The number of anilines is 4. The van der Waals surface area contributed by atoms with Crippen LogP contribution < -0.4 is 24.3 Å². The van der Waals surface area contributed by atoms with Crippen molar-refractivity contribution in [1.82, 2.24) is 0 Å². The Morgan fingerprint density at radius 2 is 0.574 bits per heavy atom. The summed E-state index contributed by atoms with van der Waals surface area (Å²) in [7, 11) is 0. The standard InChI is InChI=1S/C44H18Cl4N4O9/c45-23-11-1-7-19-31(23)41(57)49(37(19)53)27-15-5-17-29(35(27)51-39(55)21-9-3-13-25(47)33(21)43(51)59)61-30-18-6-16-28(50-38(54)20-8-2-12-24(46)32(20)42(50)58)36(30)52-40(56)22-10-4-14-26(48)34(22)44(52)60/h1-18H. The van der Waals surface area contributed by atoms with Crippen LogP contribution in [0.2, 0.25) is 20.1 Å². The average molecular weight is 888 g/mol. The maximum absolute atomic E-state index is 14.3. The van der Waals surface area contributed by atoms with Crippen LogP contribution >= 0.6 is 46.4 Å². The van der Waals surface area contributed by atoms with Crippen molar-refractivity contribution in [3.05, 3.63) is 174 Å². The van der Waals surface area contributed by atoms with E-state index in [1.165, 1.54) is 109 Å². The van der Waals surface area contributed by atoms with Gasteiger partial charge in [-0.1, -0.05) is 82.8 Å². The van der Waals surface area contributed by atoms with Crippen molar-refractivity contribution < 1.29 is 43.1 Å². The molecule has 0 spiro atoms. The molecule has 8 amide bonds. The molecule has 0 N–H and O–H groups in total. The Kier molecular flexibility index (Phi) is 8.54. The van der Waals surface area contributed by atoms with E-state index in [0.717, 1.165) is 9.80 Å². The first-order chi connectivity index (χ1) is 29.3. The number of carbonyl (C=O) groups is 8. The van der Waals surface area contributed by atoms with Crippen molar-refractivity contribution in [3.63, 3.8) is 0 Å². The predicted octanol–water partition coefficient (Wildman–Crippen LogP) is 9.29. The number of rotatable bonds is 6. The van der Waals surface area contributed by atoms with Gasteiger partial charge in [0.05, 0.1) is 76.0 Å². The quantitative estimate of drug-likeness (QED) is 0.149. The van der Waals surface area contributed by atoms with Crippen molar-refractivity contribution in [2.24, 2.45) is 0 Å². The molecule has 0 saturated carbocycles. The van der Waals surface area contributed by atoms with E-state index in [4.69, 9.17) is 51.1 Å². The van der Waals surface area contributed by atoms with E-state index in [2.05, 4.69) is 0 Å². The van der Waals surface area contributed by atoms with E-state index in [-0.39, 0.29) is 87.5 Å². The molecule has 0 atom stereocenters. The summed E-state index contributed by atoms with van der Waals surface area (Å²) in [6, 6.07) is 25.0. The molecular weight excluding hydrogens is 870 g/mol. The number of amides is 8. The normalized spacial score (nSPS) is 15.3. The number of nitrogens with zero attached hydrogens (tertiary/aromatic N) is 4. The predicted molar refractivity (Wildman–Crippen MR) is 223 cm³/mol. The van der Waals surface area contributed by atoms with Crippen molar-refractivity contribution in [2.75, 3.05) is 19.6 Å². The molecule has 61 heavy (non-hydrogen) atoms. The van der Waals surface area contributed by atoms with Crippen LogP contribution in [0.3, 0.4) is 0 Å². The Morgan fingerprint density at radius 1 is 0.311 bits per heavy atom. The highest BCUT2D eigenvalue weighted by Crippen LogP contribution is 2.51. The highest BCUT2D eigenvalue weighted by Gasteiger charge is 2.48. The summed E-state index contributed by atoms with van der Waals surface area (Å²) in [4.78, 5) is 116. The van der Waals surface area contributed by atoms with Crippen LogP contribution in [0.25, 0.3) is 0 Å². The minimum absolute atomic E-state index is 0.0308.